The number of likely N-dealkylation sites (N-methyl/N-ethyl adjacent to an activating group) is 1. The van der Waals surface area contributed by atoms with Crippen LogP contribution in [-0.2, 0) is 40.4 Å². The van der Waals surface area contributed by atoms with Gasteiger partial charge in [0.25, 0.3) is 5.91 Å². The van der Waals surface area contributed by atoms with E-state index in [9.17, 15) is 19.5 Å². The van der Waals surface area contributed by atoms with Crippen LogP contribution in [0.25, 0.3) is 11.1 Å². The van der Waals surface area contributed by atoms with Crippen LogP contribution in [0.3, 0.4) is 0 Å². The number of hydrogen-bond acceptors (Lipinski definition) is 11. The smallest absolute Gasteiger partial charge is 0.326 e. The molecule has 6 aromatic carbocycles. The maximum absolute atomic E-state index is 14.5. The Morgan fingerprint density at radius 3 is 2.07 bits per heavy atom. The first-order valence-corrected chi connectivity index (χ1v) is 23.7. The van der Waals surface area contributed by atoms with Gasteiger partial charge in [0.2, 0.25) is 12.0 Å². The third-order valence-electron chi connectivity index (χ3n) is 12.8. The zero-order chi connectivity index (χ0) is 50.8. The first kappa shape index (κ1) is 52.0. The lowest BCUT2D eigenvalue weighted by Gasteiger charge is -2.42. The number of carboxylic acids is 1. The normalized spacial score (nSPS) is 16.2. The van der Waals surface area contributed by atoms with Crippen LogP contribution >= 0.6 is 23.2 Å². The van der Waals surface area contributed by atoms with Gasteiger partial charge in [0, 0.05) is 31.6 Å². The minimum atomic E-state index is -1.21. The maximum atomic E-state index is 14.5. The van der Waals surface area contributed by atoms with Crippen molar-refractivity contribution in [2.24, 2.45) is 5.73 Å². The van der Waals surface area contributed by atoms with Crippen LogP contribution in [0.15, 0.2) is 133 Å². The number of rotatable bonds is 16. The molecule has 4 atom stereocenters. The number of halogens is 2. The number of carboxylic acid groups (broad SMARTS) is 1. The summed E-state index contributed by atoms with van der Waals surface area (Å²) in [5.41, 5.74) is 12.1. The van der Waals surface area contributed by atoms with E-state index in [0.29, 0.717) is 57.7 Å². The summed E-state index contributed by atoms with van der Waals surface area (Å²) in [4.78, 5) is 44.8. The fourth-order valence-corrected chi connectivity index (χ4v) is 8.85. The number of fused-ring (bicyclic) bond motifs is 2. The fourth-order valence-electron chi connectivity index (χ4n) is 8.53. The molecule has 2 aliphatic rings. The lowest BCUT2D eigenvalue weighted by Crippen LogP contribution is -2.55. The Morgan fingerprint density at radius 2 is 1.49 bits per heavy atom. The Labute approximate surface area is 422 Å². The molecule has 0 radical (unpaired) electrons. The number of aliphatic hydroxyl groups excluding tert-OH is 3. The van der Waals surface area contributed by atoms with Crippen LogP contribution in [0.2, 0.25) is 10.0 Å². The molecule has 2 aliphatic heterocycles. The van der Waals surface area contributed by atoms with E-state index in [4.69, 9.17) is 59.0 Å². The molecule has 0 bridgehead atoms. The van der Waals surface area contributed by atoms with Crippen molar-refractivity contribution >= 4 is 46.7 Å². The van der Waals surface area contributed by atoms with Crippen molar-refractivity contribution < 1.29 is 44.3 Å². The molecule has 14 nitrogen and oxygen atoms in total. The number of anilines is 1. The van der Waals surface area contributed by atoms with E-state index in [1.54, 1.807) is 48.3 Å². The van der Waals surface area contributed by atoms with Crippen molar-refractivity contribution in [2.45, 2.75) is 69.1 Å². The number of amides is 2. The SMILES string of the molecule is CC[C@@H](c1ccccc1)N1Cc2cc3c(cc2C[C@H]1C(=O)NC(Cc1ccc(-c2ccc(C#N)cc2)cc1)C(=O)O)N(C)C(=O)[C@@H](c1ccc(OCc2ccc(Cl)c(Cl)c2)cc1)O3.NC(CO)(CO)CO. The number of ether oxygens (including phenoxy) is 2. The summed E-state index contributed by atoms with van der Waals surface area (Å²) in [6.45, 7) is 1.55. The summed E-state index contributed by atoms with van der Waals surface area (Å²) in [7, 11) is 1.72. The fraction of sp³-hybridized carbons (Fsp3) is 0.273. The van der Waals surface area contributed by atoms with Crippen molar-refractivity contribution in [2.75, 3.05) is 31.8 Å². The van der Waals surface area contributed by atoms with Gasteiger partial charge in [-0.3, -0.25) is 14.5 Å². The highest BCUT2D eigenvalue weighted by molar-refractivity contribution is 6.42. The van der Waals surface area contributed by atoms with E-state index < -0.39 is 49.5 Å². The van der Waals surface area contributed by atoms with Crippen LogP contribution < -0.4 is 25.4 Å². The zero-order valence-corrected chi connectivity index (χ0v) is 40.7. The van der Waals surface area contributed by atoms with Crippen molar-refractivity contribution in [1.29, 1.82) is 5.26 Å². The molecule has 0 saturated heterocycles. The first-order valence-electron chi connectivity index (χ1n) is 23.0. The Hall–Kier alpha value is -6.80. The van der Waals surface area contributed by atoms with Crippen molar-refractivity contribution in [3.8, 4) is 28.7 Å². The number of hydrogen-bond donors (Lipinski definition) is 6. The minimum absolute atomic E-state index is 0.0846. The minimum Gasteiger partial charge on any atom is -0.489 e. The third-order valence-corrected chi connectivity index (χ3v) is 13.5. The number of nitriles is 1. The predicted molar refractivity (Wildman–Crippen MR) is 271 cm³/mol. The van der Waals surface area contributed by atoms with Gasteiger partial charge in [0.05, 0.1) is 58.8 Å². The van der Waals surface area contributed by atoms with Crippen molar-refractivity contribution in [3.63, 3.8) is 0 Å². The largest absolute Gasteiger partial charge is 0.489 e. The molecule has 368 valence electrons. The Balaban J connectivity index is 0.000000853. The topological polar surface area (TPSA) is 219 Å². The molecule has 0 fully saturated rings. The first-order chi connectivity index (χ1) is 34.2. The quantitative estimate of drug-likeness (QED) is 0.0554. The second kappa shape index (κ2) is 23.4. The van der Waals surface area contributed by atoms with Gasteiger partial charge >= 0.3 is 5.97 Å². The van der Waals surface area contributed by atoms with E-state index in [0.717, 1.165) is 38.9 Å². The zero-order valence-electron chi connectivity index (χ0n) is 39.2. The summed E-state index contributed by atoms with van der Waals surface area (Å²) in [6, 6.07) is 41.3. The molecule has 0 aliphatic carbocycles. The number of carbonyl (C=O) groups excluding carboxylic acids is 2. The summed E-state index contributed by atoms with van der Waals surface area (Å²) in [5.74, 6) is -0.610. The van der Waals surface area contributed by atoms with Gasteiger partial charge in [-0.05, 0) is 100 Å². The lowest BCUT2D eigenvalue weighted by molar-refractivity contribution is -0.143. The molecule has 71 heavy (non-hydrogen) atoms. The summed E-state index contributed by atoms with van der Waals surface area (Å²) >= 11 is 12.2. The number of aliphatic carboxylic acids is 1. The highest BCUT2D eigenvalue weighted by atomic mass is 35.5. The second-order valence-electron chi connectivity index (χ2n) is 17.6. The molecule has 1 unspecified atom stereocenters. The molecule has 2 amide bonds. The number of carbonyl (C=O) groups is 3. The van der Waals surface area contributed by atoms with Gasteiger partial charge in [-0.1, -0.05) is 115 Å². The maximum Gasteiger partial charge on any atom is 0.326 e. The Morgan fingerprint density at radius 1 is 0.859 bits per heavy atom. The standard InChI is InChI=1S/C51H44Cl2N4O6.C4H11NO3/c1-3-44(36-7-5-4-6-8-36)57-29-39-27-47-45(56(2)50(59)48(63-47)37-18-20-40(21-19-37)62-30-33-13-22-41(52)42(53)23-33)25-38(39)26-46(57)49(58)55-43(51(60)61)24-31-9-14-34(15-10-31)35-16-11-32(28-54)12-17-35;5-4(1-6,2-7)3-8/h4-23,25,27,43-44,46,48H,3,24,26,29-30H2,1-2H3,(H,55,58)(H,60,61);6-8H,1-3,5H2/t43?,44-,46-,48+;/m0./s1. The number of nitrogens with two attached hydrogens (primary N) is 1. The highest BCUT2D eigenvalue weighted by Crippen LogP contribution is 2.43. The molecule has 7 N–H and O–H groups in total. The van der Waals surface area contributed by atoms with Gasteiger partial charge in [0.15, 0.2) is 0 Å². The molecule has 0 saturated carbocycles. The van der Waals surface area contributed by atoms with Gasteiger partial charge in [-0.25, -0.2) is 4.79 Å². The van der Waals surface area contributed by atoms with Crippen LogP contribution in [0, 0.1) is 11.3 Å². The summed E-state index contributed by atoms with van der Waals surface area (Å²) in [6.07, 6.45) is 0.181. The molecule has 16 heteroatoms. The second-order valence-corrected chi connectivity index (χ2v) is 18.5. The van der Waals surface area contributed by atoms with Crippen LogP contribution in [-0.4, -0.2) is 87.6 Å². The van der Waals surface area contributed by atoms with Gasteiger partial charge in [0.1, 0.15) is 24.1 Å². The van der Waals surface area contributed by atoms with Crippen LogP contribution in [0.5, 0.6) is 11.5 Å². The van der Waals surface area contributed by atoms with E-state index in [-0.39, 0.29) is 30.9 Å². The highest BCUT2D eigenvalue weighted by Gasteiger charge is 2.40. The Kier molecular flexibility index (Phi) is 17.2. The van der Waals surface area contributed by atoms with Gasteiger partial charge in [-0.15, -0.1) is 0 Å². The monoisotopic (exact) mass is 999 g/mol. The molecule has 2 heterocycles. The average Bonchev–Trinajstić information content (AvgIpc) is 3.40. The Bertz CT molecular complexity index is 2850. The number of nitrogens with one attached hydrogen (secondary N) is 1. The molecular formula is C55H55Cl2N5O9. The molecular weight excluding hydrogens is 946 g/mol. The summed E-state index contributed by atoms with van der Waals surface area (Å²) < 4.78 is 12.5. The van der Waals surface area contributed by atoms with Crippen LogP contribution in [0.1, 0.15) is 64.4 Å². The molecule has 8 rings (SSSR count). The number of aliphatic hydroxyl groups is 3. The van der Waals surface area contributed by atoms with Gasteiger partial charge < -0.3 is 45.9 Å². The third kappa shape index (κ3) is 12.4. The van der Waals surface area contributed by atoms with E-state index in [1.165, 1.54) is 0 Å². The number of nitrogens with zero attached hydrogens (tertiary/aromatic N) is 3. The van der Waals surface area contributed by atoms with E-state index in [1.807, 2.05) is 97.1 Å². The molecule has 6 aromatic rings. The van der Waals surface area contributed by atoms with Crippen LogP contribution in [0.4, 0.5) is 5.69 Å². The van der Waals surface area contributed by atoms with E-state index >= 15 is 0 Å². The lowest BCUT2D eigenvalue weighted by atomic mass is 9.88. The molecule has 0 spiro atoms. The van der Waals surface area contributed by atoms with Gasteiger partial charge in [-0.2, -0.15) is 5.26 Å². The molecule has 0 aromatic heterocycles. The number of benzene rings is 6. The predicted octanol–water partition coefficient (Wildman–Crippen LogP) is 7.56. The van der Waals surface area contributed by atoms with Crippen molar-refractivity contribution in [1.82, 2.24) is 10.2 Å². The summed E-state index contributed by atoms with van der Waals surface area (Å²) in [5, 5.41) is 48.4. The van der Waals surface area contributed by atoms with E-state index in [2.05, 4.69) is 23.2 Å². The van der Waals surface area contributed by atoms with Crippen molar-refractivity contribution in [3.05, 3.63) is 182 Å². The average molecular weight is 1000 g/mol.